The van der Waals surface area contributed by atoms with Crippen molar-refractivity contribution < 1.29 is 13.2 Å². The lowest BCUT2D eigenvalue weighted by molar-refractivity contribution is -0.135. The molecule has 3 aromatic rings. The third-order valence-corrected chi connectivity index (χ3v) is 4.33. The molecule has 2 aromatic heterocycles. The Hall–Kier alpha value is -2.35. The lowest BCUT2D eigenvalue weighted by atomic mass is 10.0. The fraction of sp³-hybridized carbons (Fsp3) is 0.312. The van der Waals surface area contributed by atoms with E-state index in [1.165, 1.54) is 19.2 Å². The fourth-order valence-corrected chi connectivity index (χ4v) is 3.15. The molecule has 3 rings (SSSR count). The van der Waals surface area contributed by atoms with Crippen LogP contribution in [0, 0.1) is 0 Å². The first-order chi connectivity index (χ1) is 11.7. The van der Waals surface area contributed by atoms with Crippen molar-refractivity contribution in [1.29, 1.82) is 0 Å². The van der Waals surface area contributed by atoms with E-state index in [2.05, 4.69) is 4.98 Å². The van der Waals surface area contributed by atoms with Crippen LogP contribution < -0.4 is 11.2 Å². The summed E-state index contributed by atoms with van der Waals surface area (Å²) in [6, 6.07) is 4.37. The number of pyridine rings is 1. The van der Waals surface area contributed by atoms with Crippen molar-refractivity contribution in [2.45, 2.75) is 12.6 Å². The third-order valence-electron chi connectivity index (χ3n) is 4.14. The number of nitrogens with zero attached hydrogens (tertiary/aromatic N) is 3. The van der Waals surface area contributed by atoms with Gasteiger partial charge >= 0.3 is 11.9 Å². The van der Waals surface area contributed by atoms with Crippen molar-refractivity contribution in [3.63, 3.8) is 0 Å². The number of hydrogen-bond acceptors (Lipinski definition) is 3. The number of aryl methyl sites for hydroxylation is 2. The maximum atomic E-state index is 13.8. The van der Waals surface area contributed by atoms with Gasteiger partial charge in [-0.15, -0.1) is 11.6 Å². The molecule has 0 aliphatic heterocycles. The van der Waals surface area contributed by atoms with Crippen molar-refractivity contribution in [2.24, 2.45) is 14.1 Å². The lowest BCUT2D eigenvalue weighted by Crippen LogP contribution is -2.38. The zero-order valence-electron chi connectivity index (χ0n) is 13.3. The second kappa shape index (κ2) is 5.87. The predicted molar refractivity (Wildman–Crippen MR) is 89.2 cm³/mol. The summed E-state index contributed by atoms with van der Waals surface area (Å²) >= 11 is 5.73. The standard InChI is InChI=1S/C16H13ClF3N3O2/c1-22-13-10(14(24)23(2)15(22)25)11(16(18,19)20)9-5-3-4-8(6-7-17)12(9)21-13/h3-5H,6-7H2,1-2H3. The lowest BCUT2D eigenvalue weighted by Gasteiger charge is -2.16. The molecule has 0 radical (unpaired) electrons. The van der Waals surface area contributed by atoms with Crippen LogP contribution in [0.3, 0.4) is 0 Å². The molecule has 1 aromatic carbocycles. The van der Waals surface area contributed by atoms with Gasteiger partial charge in [0, 0.05) is 25.4 Å². The van der Waals surface area contributed by atoms with E-state index in [-0.39, 0.29) is 22.4 Å². The number of hydrogen-bond donors (Lipinski definition) is 0. The molecular weight excluding hydrogens is 359 g/mol. The molecule has 5 nitrogen and oxygen atoms in total. The van der Waals surface area contributed by atoms with Crippen molar-refractivity contribution >= 4 is 33.5 Å². The summed E-state index contributed by atoms with van der Waals surface area (Å²) in [5.74, 6) is 0.204. The monoisotopic (exact) mass is 371 g/mol. The largest absolute Gasteiger partial charge is 0.417 e. The average molecular weight is 372 g/mol. The number of benzene rings is 1. The zero-order valence-corrected chi connectivity index (χ0v) is 14.1. The van der Waals surface area contributed by atoms with Crippen LogP contribution in [-0.2, 0) is 26.7 Å². The van der Waals surface area contributed by atoms with Crippen LogP contribution in [0.4, 0.5) is 13.2 Å². The van der Waals surface area contributed by atoms with Gasteiger partial charge in [-0.3, -0.25) is 13.9 Å². The maximum absolute atomic E-state index is 13.8. The number of fused-ring (bicyclic) bond motifs is 2. The van der Waals surface area contributed by atoms with Crippen molar-refractivity contribution in [1.82, 2.24) is 14.1 Å². The van der Waals surface area contributed by atoms with Crippen molar-refractivity contribution in [3.05, 3.63) is 50.2 Å². The molecule has 0 N–H and O–H groups in total. The third kappa shape index (κ3) is 2.60. The van der Waals surface area contributed by atoms with Gasteiger partial charge in [-0.1, -0.05) is 18.2 Å². The molecule has 0 bridgehead atoms. The van der Waals surface area contributed by atoms with Crippen LogP contribution in [0.1, 0.15) is 11.1 Å². The molecule has 25 heavy (non-hydrogen) atoms. The number of para-hydroxylation sites is 1. The van der Waals surface area contributed by atoms with E-state index >= 15 is 0 Å². The van der Waals surface area contributed by atoms with E-state index in [4.69, 9.17) is 11.6 Å². The summed E-state index contributed by atoms with van der Waals surface area (Å²) in [5.41, 5.74) is -2.54. The second-order valence-corrected chi connectivity index (χ2v) is 6.02. The van der Waals surface area contributed by atoms with Gasteiger partial charge in [-0.05, 0) is 12.0 Å². The van der Waals surface area contributed by atoms with Crippen LogP contribution in [0.5, 0.6) is 0 Å². The highest BCUT2D eigenvalue weighted by Crippen LogP contribution is 2.38. The van der Waals surface area contributed by atoms with Gasteiger partial charge in [0.25, 0.3) is 5.56 Å². The molecule has 9 heteroatoms. The van der Waals surface area contributed by atoms with Gasteiger partial charge in [0.05, 0.1) is 16.5 Å². The fourth-order valence-electron chi connectivity index (χ4n) is 2.95. The smallest absolute Gasteiger partial charge is 0.280 e. The first-order valence-electron chi connectivity index (χ1n) is 7.33. The van der Waals surface area contributed by atoms with Crippen LogP contribution in [0.25, 0.3) is 21.9 Å². The molecule has 0 saturated carbocycles. The quantitative estimate of drug-likeness (QED) is 0.514. The maximum Gasteiger partial charge on any atom is 0.417 e. The molecule has 0 aliphatic rings. The minimum absolute atomic E-state index is 0.0891. The Morgan fingerprint density at radius 1 is 1.16 bits per heavy atom. The predicted octanol–water partition coefficient (Wildman–Crippen LogP) is 2.59. The van der Waals surface area contributed by atoms with Gasteiger partial charge < -0.3 is 0 Å². The van der Waals surface area contributed by atoms with E-state index in [9.17, 15) is 22.8 Å². The zero-order chi connectivity index (χ0) is 18.5. The summed E-state index contributed by atoms with van der Waals surface area (Å²) in [6.07, 6.45) is -4.48. The first kappa shape index (κ1) is 17.5. The van der Waals surface area contributed by atoms with E-state index in [1.54, 1.807) is 6.07 Å². The summed E-state index contributed by atoms with van der Waals surface area (Å²) in [4.78, 5) is 28.7. The van der Waals surface area contributed by atoms with E-state index < -0.39 is 28.4 Å². The molecule has 0 saturated heterocycles. The summed E-state index contributed by atoms with van der Waals surface area (Å²) in [6.45, 7) is 0. The number of rotatable bonds is 2. The Morgan fingerprint density at radius 2 is 1.84 bits per heavy atom. The molecule has 0 aliphatic carbocycles. The minimum atomic E-state index is -4.79. The molecular formula is C16H13ClF3N3O2. The van der Waals surface area contributed by atoms with Crippen molar-refractivity contribution in [3.8, 4) is 0 Å². The molecule has 0 fully saturated rings. The molecule has 0 amide bonds. The summed E-state index contributed by atoms with van der Waals surface area (Å²) < 4.78 is 43.1. The highest BCUT2D eigenvalue weighted by Gasteiger charge is 2.37. The Bertz CT molecular complexity index is 1120. The van der Waals surface area contributed by atoms with Gasteiger partial charge in [-0.2, -0.15) is 13.2 Å². The molecule has 0 atom stereocenters. The van der Waals surface area contributed by atoms with Gasteiger partial charge in [0.2, 0.25) is 0 Å². The van der Waals surface area contributed by atoms with Crippen LogP contribution in [-0.4, -0.2) is 20.0 Å². The number of halogens is 4. The average Bonchev–Trinajstić information content (AvgIpc) is 2.56. The summed E-state index contributed by atoms with van der Waals surface area (Å²) in [7, 11) is 2.42. The van der Waals surface area contributed by atoms with Gasteiger partial charge in [0.1, 0.15) is 0 Å². The molecule has 0 unspecified atom stereocenters. The summed E-state index contributed by atoms with van der Waals surface area (Å²) in [5, 5.41) is -0.800. The Balaban J connectivity index is 2.71. The van der Waals surface area contributed by atoms with Gasteiger partial charge in [-0.25, -0.2) is 9.78 Å². The van der Waals surface area contributed by atoms with Crippen LogP contribution in [0.15, 0.2) is 27.8 Å². The van der Waals surface area contributed by atoms with E-state index in [0.717, 1.165) is 11.6 Å². The minimum Gasteiger partial charge on any atom is -0.280 e. The molecule has 2 heterocycles. The topological polar surface area (TPSA) is 56.9 Å². The Kier molecular flexibility index (Phi) is 4.10. The van der Waals surface area contributed by atoms with E-state index in [1.807, 2.05) is 0 Å². The Labute approximate surface area is 144 Å². The normalized spacial score (nSPS) is 12.2. The van der Waals surface area contributed by atoms with Crippen LogP contribution >= 0.6 is 11.6 Å². The SMILES string of the molecule is Cn1c(=O)c2c(C(F)(F)F)c3cccc(CCCl)c3nc2n(C)c1=O. The number of aromatic nitrogens is 3. The first-order valence-corrected chi connectivity index (χ1v) is 7.86. The number of alkyl halides is 4. The van der Waals surface area contributed by atoms with Gasteiger partial charge in [0.15, 0.2) is 5.65 Å². The van der Waals surface area contributed by atoms with E-state index in [0.29, 0.717) is 16.6 Å². The molecule has 0 spiro atoms. The molecule has 132 valence electrons. The highest BCUT2D eigenvalue weighted by molar-refractivity contribution is 6.18. The second-order valence-electron chi connectivity index (χ2n) is 5.64. The van der Waals surface area contributed by atoms with Crippen molar-refractivity contribution in [2.75, 3.05) is 5.88 Å². The highest BCUT2D eigenvalue weighted by atomic mass is 35.5. The van der Waals surface area contributed by atoms with Crippen LogP contribution in [0.2, 0.25) is 0 Å². The Morgan fingerprint density at radius 3 is 2.44 bits per heavy atom.